The van der Waals surface area contributed by atoms with E-state index in [1.807, 2.05) is 33.8 Å². The topological polar surface area (TPSA) is 125 Å². The van der Waals surface area contributed by atoms with E-state index >= 15 is 0 Å². The minimum absolute atomic E-state index is 0.154. The molecule has 3 aromatic heterocycles. The van der Waals surface area contributed by atoms with Crippen LogP contribution >= 0.6 is 0 Å². The molecule has 4 rings (SSSR count). The van der Waals surface area contributed by atoms with Crippen LogP contribution in [-0.2, 0) is 0 Å². The van der Waals surface area contributed by atoms with Gasteiger partial charge in [0.2, 0.25) is 0 Å². The second-order valence-electron chi connectivity index (χ2n) is 10.9. The number of carbonyl (C=O) groups is 2. The summed E-state index contributed by atoms with van der Waals surface area (Å²) in [5.41, 5.74) is 1.09. The molecule has 1 unspecified atom stereocenters. The van der Waals surface area contributed by atoms with Gasteiger partial charge in [-0.05, 0) is 57.4 Å². The van der Waals surface area contributed by atoms with Crippen LogP contribution in [0.15, 0.2) is 30.5 Å². The van der Waals surface area contributed by atoms with Crippen molar-refractivity contribution in [3.8, 4) is 5.75 Å². The minimum atomic E-state index is -0.932. The number of carbonyl (C=O) groups excluding carboxylic acids is 1. The summed E-state index contributed by atoms with van der Waals surface area (Å²) < 4.78 is 7.37. The van der Waals surface area contributed by atoms with Gasteiger partial charge in [0, 0.05) is 13.1 Å². The first-order valence-electron chi connectivity index (χ1n) is 12.4. The number of amides is 2. The van der Waals surface area contributed by atoms with Gasteiger partial charge in [-0.3, -0.25) is 9.69 Å². The van der Waals surface area contributed by atoms with E-state index in [4.69, 9.17) is 4.74 Å². The zero-order valence-corrected chi connectivity index (χ0v) is 22.4. The van der Waals surface area contributed by atoms with E-state index in [1.54, 1.807) is 28.9 Å². The van der Waals surface area contributed by atoms with E-state index in [0.29, 0.717) is 42.6 Å². The van der Waals surface area contributed by atoms with Crippen LogP contribution in [0.5, 0.6) is 5.75 Å². The van der Waals surface area contributed by atoms with Crippen LogP contribution in [0.2, 0.25) is 0 Å². The third kappa shape index (κ3) is 5.03. The van der Waals surface area contributed by atoms with Gasteiger partial charge >= 0.3 is 6.09 Å². The molecule has 11 nitrogen and oxygen atoms in total. The molecule has 4 heterocycles. The molecule has 2 amide bonds. The number of piperazine rings is 1. The van der Waals surface area contributed by atoms with Gasteiger partial charge in [0.25, 0.3) is 5.91 Å². The molecule has 3 aromatic rings. The number of aryl methyl sites for hydroxylation is 1. The van der Waals surface area contributed by atoms with Crippen molar-refractivity contribution in [3.05, 3.63) is 41.7 Å². The Hall–Kier alpha value is -3.89. The Morgan fingerprint density at radius 1 is 1.19 bits per heavy atom. The van der Waals surface area contributed by atoms with E-state index in [1.165, 1.54) is 4.90 Å². The van der Waals surface area contributed by atoms with Crippen molar-refractivity contribution in [2.24, 2.45) is 5.41 Å². The van der Waals surface area contributed by atoms with E-state index in [-0.39, 0.29) is 17.4 Å². The smallest absolute Gasteiger partial charge is 0.407 e. The van der Waals surface area contributed by atoms with Crippen LogP contribution in [0.25, 0.3) is 5.52 Å². The Kier molecular flexibility index (Phi) is 6.74. The minimum Gasteiger partial charge on any atom is -0.491 e. The molecule has 0 aliphatic carbocycles. The molecule has 37 heavy (non-hydrogen) atoms. The number of nitrogens with zero attached hydrogens (tertiary/aromatic N) is 6. The highest BCUT2D eigenvalue weighted by Gasteiger charge is 2.50. The Labute approximate surface area is 216 Å². The summed E-state index contributed by atoms with van der Waals surface area (Å²) in [6, 6.07) is 6.98. The molecule has 1 saturated heterocycles. The van der Waals surface area contributed by atoms with Crippen molar-refractivity contribution < 1.29 is 19.4 Å². The third-order valence-corrected chi connectivity index (χ3v) is 6.71. The maximum absolute atomic E-state index is 13.2. The standard InChI is InChI=1S/C26H35N7O4/c1-8-37-19-15-33-17(13-16(2)30-33)14-18(19)22(34)27-20-9-10-21(29-28-20)31-11-12-32(24(35)36)26(6,7)23(31)25(3,4)5/h9-10,13-15,23H,8,11-12H2,1-7H3,(H,35,36)(H,27,28,34). The van der Waals surface area contributed by atoms with E-state index < -0.39 is 11.6 Å². The molecule has 11 heteroatoms. The van der Waals surface area contributed by atoms with Crippen molar-refractivity contribution in [2.45, 2.75) is 60.0 Å². The molecule has 0 aromatic carbocycles. The fourth-order valence-electron chi connectivity index (χ4n) is 5.59. The summed E-state index contributed by atoms with van der Waals surface area (Å²) >= 11 is 0. The molecule has 2 N–H and O–H groups in total. The van der Waals surface area contributed by atoms with Gasteiger partial charge in [0.05, 0.1) is 41.2 Å². The summed E-state index contributed by atoms with van der Waals surface area (Å²) in [7, 11) is 0. The summed E-state index contributed by atoms with van der Waals surface area (Å²) in [5, 5.41) is 25.6. The van der Waals surface area contributed by atoms with E-state index in [2.05, 4.69) is 46.3 Å². The molecule has 0 bridgehead atoms. The van der Waals surface area contributed by atoms with Crippen LogP contribution in [0.4, 0.5) is 16.4 Å². The first-order chi connectivity index (χ1) is 17.3. The number of ether oxygens (including phenoxy) is 1. The maximum Gasteiger partial charge on any atom is 0.407 e. The van der Waals surface area contributed by atoms with E-state index in [9.17, 15) is 14.7 Å². The SMILES string of the molecule is CCOc1cn2nc(C)cc2cc1C(=O)Nc1ccc(N2CCN(C(=O)O)C(C)(C)C2C(C)(C)C)nn1. The molecule has 0 spiro atoms. The lowest BCUT2D eigenvalue weighted by molar-refractivity contribution is 0.0291. The van der Waals surface area contributed by atoms with Crippen LogP contribution in [0.3, 0.4) is 0 Å². The zero-order valence-electron chi connectivity index (χ0n) is 22.4. The van der Waals surface area contributed by atoms with Crippen molar-refractivity contribution in [1.82, 2.24) is 24.7 Å². The summed E-state index contributed by atoms with van der Waals surface area (Å²) in [6.45, 7) is 15.1. The van der Waals surface area contributed by atoms with Gasteiger partial charge < -0.3 is 20.1 Å². The highest BCUT2D eigenvalue weighted by atomic mass is 16.5. The number of fused-ring (bicyclic) bond motifs is 1. The normalized spacial score (nSPS) is 17.6. The van der Waals surface area contributed by atoms with Crippen LogP contribution in [-0.4, -0.2) is 73.1 Å². The molecular formula is C26H35N7O4. The number of aromatic nitrogens is 4. The quantitative estimate of drug-likeness (QED) is 0.527. The first kappa shape index (κ1) is 26.2. The van der Waals surface area contributed by atoms with Crippen molar-refractivity contribution in [2.75, 3.05) is 29.9 Å². The molecule has 0 saturated carbocycles. The lowest BCUT2D eigenvalue weighted by Gasteiger charge is -2.56. The fraction of sp³-hybridized carbons (Fsp3) is 0.500. The van der Waals surface area contributed by atoms with Crippen LogP contribution < -0.4 is 15.0 Å². The third-order valence-electron chi connectivity index (χ3n) is 6.71. The average Bonchev–Trinajstić information content (AvgIpc) is 3.16. The number of carboxylic acid groups (broad SMARTS) is 1. The fourth-order valence-corrected chi connectivity index (χ4v) is 5.59. The Morgan fingerprint density at radius 2 is 1.92 bits per heavy atom. The Balaban J connectivity index is 1.59. The van der Waals surface area contributed by atoms with Crippen molar-refractivity contribution >= 4 is 29.2 Å². The number of hydrogen-bond acceptors (Lipinski definition) is 7. The predicted octanol–water partition coefficient (Wildman–Crippen LogP) is 4.08. The molecule has 1 aliphatic heterocycles. The molecule has 1 fully saturated rings. The Morgan fingerprint density at radius 3 is 2.51 bits per heavy atom. The summed E-state index contributed by atoms with van der Waals surface area (Å²) in [5.74, 6) is 0.987. The van der Waals surface area contributed by atoms with Gasteiger partial charge in [-0.1, -0.05) is 20.8 Å². The Bertz CT molecular complexity index is 1310. The lowest BCUT2D eigenvalue weighted by Crippen LogP contribution is -2.70. The molecule has 0 radical (unpaired) electrons. The molecule has 1 aliphatic rings. The number of hydrogen-bond donors (Lipinski definition) is 2. The molecule has 1 atom stereocenters. The summed E-state index contributed by atoms with van der Waals surface area (Å²) in [4.78, 5) is 28.7. The second-order valence-corrected chi connectivity index (χ2v) is 10.9. The van der Waals surface area contributed by atoms with Gasteiger partial charge in [-0.25, -0.2) is 9.31 Å². The number of pyridine rings is 1. The van der Waals surface area contributed by atoms with Crippen molar-refractivity contribution in [1.29, 1.82) is 0 Å². The zero-order chi connectivity index (χ0) is 27.1. The van der Waals surface area contributed by atoms with Crippen LogP contribution in [0, 0.1) is 12.3 Å². The van der Waals surface area contributed by atoms with E-state index in [0.717, 1.165) is 11.2 Å². The summed E-state index contributed by atoms with van der Waals surface area (Å²) in [6.07, 6.45) is 0.763. The second kappa shape index (κ2) is 9.53. The van der Waals surface area contributed by atoms with Gasteiger partial charge in [-0.2, -0.15) is 5.10 Å². The average molecular weight is 510 g/mol. The number of rotatable bonds is 5. The monoisotopic (exact) mass is 509 g/mol. The highest BCUT2D eigenvalue weighted by Crippen LogP contribution is 2.40. The van der Waals surface area contributed by atoms with Crippen LogP contribution in [0.1, 0.15) is 57.6 Å². The predicted molar refractivity (Wildman–Crippen MR) is 140 cm³/mol. The maximum atomic E-state index is 13.2. The lowest BCUT2D eigenvalue weighted by atomic mass is 9.73. The molecular weight excluding hydrogens is 474 g/mol. The largest absolute Gasteiger partial charge is 0.491 e. The highest BCUT2D eigenvalue weighted by molar-refractivity contribution is 6.06. The molecule has 198 valence electrons. The van der Waals surface area contributed by atoms with Gasteiger partial charge in [0.15, 0.2) is 11.6 Å². The first-order valence-corrected chi connectivity index (χ1v) is 12.4. The number of anilines is 2. The number of nitrogens with one attached hydrogen (secondary N) is 1. The van der Waals surface area contributed by atoms with Gasteiger partial charge in [-0.15, -0.1) is 10.2 Å². The van der Waals surface area contributed by atoms with Crippen molar-refractivity contribution in [3.63, 3.8) is 0 Å². The van der Waals surface area contributed by atoms with Gasteiger partial charge in [0.1, 0.15) is 5.75 Å².